The summed E-state index contributed by atoms with van der Waals surface area (Å²) in [6, 6.07) is 0.774. The molecule has 1 aliphatic carbocycles. The predicted octanol–water partition coefficient (Wildman–Crippen LogP) is 0.221. The summed E-state index contributed by atoms with van der Waals surface area (Å²) in [7, 11) is 2.12. The second-order valence-electron chi connectivity index (χ2n) is 5.87. The van der Waals surface area contributed by atoms with Gasteiger partial charge in [-0.25, -0.2) is 0 Å². The van der Waals surface area contributed by atoms with Crippen LogP contribution >= 0.6 is 0 Å². The summed E-state index contributed by atoms with van der Waals surface area (Å²) >= 11 is 0. The smallest absolute Gasteiger partial charge is 0.237 e. The maximum Gasteiger partial charge on any atom is 0.237 e. The molecule has 2 fully saturated rings. The van der Waals surface area contributed by atoms with Gasteiger partial charge in [-0.05, 0) is 46.1 Å². The van der Waals surface area contributed by atoms with Gasteiger partial charge in [0, 0.05) is 18.7 Å². The van der Waals surface area contributed by atoms with Gasteiger partial charge in [0.25, 0.3) is 0 Å². The molecule has 2 rings (SSSR count). The molecule has 1 aliphatic heterocycles. The fourth-order valence-corrected chi connectivity index (χ4v) is 3.38. The summed E-state index contributed by atoms with van der Waals surface area (Å²) in [5.41, 5.74) is 10.7. The van der Waals surface area contributed by atoms with Crippen LogP contribution < -0.4 is 11.5 Å². The molecule has 4 N–H and O–H groups in total. The van der Waals surface area contributed by atoms with Crippen LogP contribution in [0.5, 0.6) is 0 Å². The fourth-order valence-electron chi connectivity index (χ4n) is 3.38. The highest BCUT2D eigenvalue weighted by molar-refractivity contribution is 5.84. The highest BCUT2D eigenvalue weighted by Gasteiger charge is 2.41. The zero-order valence-electron chi connectivity index (χ0n) is 11.4. The molecule has 0 aromatic heterocycles. The predicted molar refractivity (Wildman–Crippen MR) is 70.0 cm³/mol. The fraction of sp³-hybridized carbons (Fsp3) is 0.923. The third kappa shape index (κ3) is 2.53. The number of ether oxygens (including phenoxy) is 1. The zero-order chi connectivity index (χ0) is 13.3. The first-order valence-electron chi connectivity index (χ1n) is 6.86. The lowest BCUT2D eigenvalue weighted by Crippen LogP contribution is -2.59. The van der Waals surface area contributed by atoms with Crippen LogP contribution in [-0.4, -0.2) is 48.2 Å². The molecule has 1 heterocycles. The van der Waals surface area contributed by atoms with E-state index in [1.165, 1.54) is 0 Å². The number of likely N-dealkylation sites (N-methyl/N-ethyl adjacent to an activating group) is 1. The molecule has 0 spiro atoms. The molecule has 1 saturated carbocycles. The first kappa shape index (κ1) is 13.8. The minimum absolute atomic E-state index is 0.262. The van der Waals surface area contributed by atoms with Crippen molar-refractivity contribution < 1.29 is 9.53 Å². The van der Waals surface area contributed by atoms with Crippen LogP contribution in [-0.2, 0) is 9.53 Å². The van der Waals surface area contributed by atoms with Gasteiger partial charge < -0.3 is 16.2 Å². The number of nitrogens with zero attached hydrogens (tertiary/aromatic N) is 1. The van der Waals surface area contributed by atoms with Gasteiger partial charge in [0.2, 0.25) is 5.91 Å². The standard InChI is InChI=1S/C13H25N3O2/c1-9-11(5-7-18-9)16(2)10-4-3-6-13(15,8-10)12(14)17/h9-11H,3-8,15H2,1-2H3,(H2,14,17). The summed E-state index contributed by atoms with van der Waals surface area (Å²) in [5.74, 6) is -0.365. The molecule has 104 valence electrons. The Morgan fingerprint density at radius 2 is 2.17 bits per heavy atom. The first-order chi connectivity index (χ1) is 8.44. The summed E-state index contributed by atoms with van der Waals surface area (Å²) in [4.78, 5) is 13.8. The molecule has 1 saturated heterocycles. The number of primary amides is 1. The van der Waals surface area contributed by atoms with Gasteiger partial charge in [0.05, 0.1) is 11.6 Å². The van der Waals surface area contributed by atoms with Gasteiger partial charge >= 0.3 is 0 Å². The number of carbonyl (C=O) groups is 1. The van der Waals surface area contributed by atoms with Crippen LogP contribution in [0.2, 0.25) is 0 Å². The van der Waals surface area contributed by atoms with E-state index in [9.17, 15) is 4.79 Å². The second-order valence-corrected chi connectivity index (χ2v) is 5.87. The molecule has 0 aromatic rings. The van der Waals surface area contributed by atoms with Crippen molar-refractivity contribution in [3.05, 3.63) is 0 Å². The Hall–Kier alpha value is -0.650. The van der Waals surface area contributed by atoms with Crippen molar-refractivity contribution in [1.82, 2.24) is 4.90 Å². The van der Waals surface area contributed by atoms with Crippen LogP contribution in [0.4, 0.5) is 0 Å². The monoisotopic (exact) mass is 255 g/mol. The Morgan fingerprint density at radius 1 is 1.44 bits per heavy atom. The normalized spacial score (nSPS) is 41.2. The zero-order valence-corrected chi connectivity index (χ0v) is 11.4. The quantitative estimate of drug-likeness (QED) is 0.756. The second kappa shape index (κ2) is 5.15. The van der Waals surface area contributed by atoms with Crippen molar-refractivity contribution in [3.8, 4) is 0 Å². The molecule has 4 unspecified atom stereocenters. The SMILES string of the molecule is CC1OCCC1N(C)C1CCCC(N)(C(N)=O)C1. The average molecular weight is 255 g/mol. The van der Waals surface area contributed by atoms with Crippen molar-refractivity contribution in [2.75, 3.05) is 13.7 Å². The van der Waals surface area contributed by atoms with Crippen molar-refractivity contribution in [2.24, 2.45) is 11.5 Å². The summed E-state index contributed by atoms with van der Waals surface area (Å²) in [6.07, 6.45) is 4.76. The first-order valence-corrected chi connectivity index (χ1v) is 6.86. The third-order valence-electron chi connectivity index (χ3n) is 4.69. The number of hydrogen-bond acceptors (Lipinski definition) is 4. The number of nitrogens with two attached hydrogens (primary N) is 2. The molecule has 2 aliphatic rings. The Kier molecular flexibility index (Phi) is 3.94. The van der Waals surface area contributed by atoms with Gasteiger partial charge in [-0.2, -0.15) is 0 Å². The minimum atomic E-state index is -0.820. The molecule has 4 atom stereocenters. The van der Waals surface area contributed by atoms with Crippen LogP contribution in [0.3, 0.4) is 0 Å². The number of rotatable bonds is 3. The van der Waals surface area contributed by atoms with Crippen molar-refractivity contribution in [2.45, 2.75) is 62.8 Å². The number of hydrogen-bond donors (Lipinski definition) is 2. The Morgan fingerprint density at radius 3 is 2.72 bits per heavy atom. The molecule has 0 radical (unpaired) electrons. The number of carbonyl (C=O) groups excluding carboxylic acids is 1. The van der Waals surface area contributed by atoms with Crippen LogP contribution in [0.1, 0.15) is 39.0 Å². The Bertz CT molecular complexity index is 323. The van der Waals surface area contributed by atoms with Crippen molar-refractivity contribution >= 4 is 5.91 Å². The van der Waals surface area contributed by atoms with E-state index in [-0.39, 0.29) is 12.0 Å². The molecule has 0 bridgehead atoms. The van der Waals surface area contributed by atoms with Crippen molar-refractivity contribution in [3.63, 3.8) is 0 Å². The lowest BCUT2D eigenvalue weighted by Gasteiger charge is -2.42. The van der Waals surface area contributed by atoms with Crippen LogP contribution in [0.15, 0.2) is 0 Å². The van der Waals surface area contributed by atoms with E-state index >= 15 is 0 Å². The summed E-state index contributed by atoms with van der Waals surface area (Å²) in [6.45, 7) is 2.94. The average Bonchev–Trinajstić information content (AvgIpc) is 2.74. The Balaban J connectivity index is 2.02. The maximum atomic E-state index is 11.5. The van der Waals surface area contributed by atoms with Crippen molar-refractivity contribution in [1.29, 1.82) is 0 Å². The highest BCUT2D eigenvalue weighted by atomic mass is 16.5. The van der Waals surface area contributed by atoms with Gasteiger partial charge in [0.1, 0.15) is 0 Å². The van der Waals surface area contributed by atoms with E-state index < -0.39 is 5.54 Å². The summed E-state index contributed by atoms with van der Waals surface area (Å²) in [5, 5.41) is 0. The van der Waals surface area contributed by atoms with E-state index in [2.05, 4.69) is 18.9 Å². The molecule has 5 nitrogen and oxygen atoms in total. The van der Waals surface area contributed by atoms with Crippen LogP contribution in [0.25, 0.3) is 0 Å². The minimum Gasteiger partial charge on any atom is -0.377 e. The molecular weight excluding hydrogens is 230 g/mol. The van der Waals surface area contributed by atoms with Gasteiger partial charge in [-0.1, -0.05) is 0 Å². The van der Waals surface area contributed by atoms with Gasteiger partial charge in [-0.15, -0.1) is 0 Å². The molecular formula is C13H25N3O2. The van der Waals surface area contributed by atoms with Gasteiger partial charge in [0.15, 0.2) is 0 Å². The number of amides is 1. The molecule has 1 amide bonds. The van der Waals surface area contributed by atoms with Crippen LogP contribution in [0, 0.1) is 0 Å². The lowest BCUT2D eigenvalue weighted by molar-refractivity contribution is -0.125. The molecule has 0 aromatic carbocycles. The lowest BCUT2D eigenvalue weighted by atomic mass is 9.78. The summed E-state index contributed by atoms with van der Waals surface area (Å²) < 4.78 is 5.61. The van der Waals surface area contributed by atoms with E-state index in [1.807, 2.05) is 0 Å². The maximum absolute atomic E-state index is 11.5. The highest BCUT2D eigenvalue weighted by Crippen LogP contribution is 2.32. The third-order valence-corrected chi connectivity index (χ3v) is 4.69. The Labute approximate surface area is 109 Å². The van der Waals surface area contributed by atoms with E-state index in [0.29, 0.717) is 24.9 Å². The van der Waals surface area contributed by atoms with E-state index in [1.54, 1.807) is 0 Å². The van der Waals surface area contributed by atoms with E-state index in [4.69, 9.17) is 16.2 Å². The topological polar surface area (TPSA) is 81.6 Å². The van der Waals surface area contributed by atoms with E-state index in [0.717, 1.165) is 25.9 Å². The molecule has 5 heteroatoms. The van der Waals surface area contributed by atoms with Gasteiger partial charge in [-0.3, -0.25) is 9.69 Å². The largest absolute Gasteiger partial charge is 0.377 e. The molecule has 18 heavy (non-hydrogen) atoms.